The number of hydrogen-bond donors (Lipinski definition) is 1. The number of carbonyl (C=O) groups is 1. The maximum absolute atomic E-state index is 12.3. The Morgan fingerprint density at radius 2 is 2.05 bits per heavy atom. The summed E-state index contributed by atoms with van der Waals surface area (Å²) in [6.45, 7) is 13.1. The van der Waals surface area contributed by atoms with Crippen molar-refractivity contribution in [2.45, 2.75) is 66.0 Å². The molecule has 0 bridgehead atoms. The van der Waals surface area contributed by atoms with Crippen LogP contribution < -0.4 is 5.32 Å². The van der Waals surface area contributed by atoms with Gasteiger partial charge in [-0.2, -0.15) is 0 Å². The van der Waals surface area contributed by atoms with Gasteiger partial charge in [-0.05, 0) is 24.7 Å². The molecule has 0 aromatic rings. The second kappa shape index (κ2) is 8.50. The Bertz CT molecular complexity index is 292. The molecule has 1 aliphatic heterocycles. The zero-order valence-corrected chi connectivity index (χ0v) is 13.8. The van der Waals surface area contributed by atoms with E-state index < -0.39 is 0 Å². The van der Waals surface area contributed by atoms with Crippen LogP contribution in [0.2, 0.25) is 0 Å². The van der Waals surface area contributed by atoms with E-state index in [9.17, 15) is 4.79 Å². The molecular formula is C16H32N2O2. The summed E-state index contributed by atoms with van der Waals surface area (Å²) in [4.78, 5) is 14.2. The van der Waals surface area contributed by atoms with Crippen LogP contribution in [0.25, 0.3) is 0 Å². The van der Waals surface area contributed by atoms with Gasteiger partial charge in [0.2, 0.25) is 0 Å². The van der Waals surface area contributed by atoms with Gasteiger partial charge in [-0.1, -0.05) is 41.0 Å². The molecule has 0 spiro atoms. The van der Waals surface area contributed by atoms with Gasteiger partial charge in [0.05, 0.1) is 6.61 Å². The van der Waals surface area contributed by atoms with Gasteiger partial charge >= 0.3 is 6.09 Å². The highest BCUT2D eigenvalue weighted by Gasteiger charge is 2.34. The lowest BCUT2D eigenvalue weighted by atomic mass is 9.95. The first-order valence-corrected chi connectivity index (χ1v) is 8.12. The van der Waals surface area contributed by atoms with Crippen molar-refractivity contribution < 1.29 is 9.53 Å². The molecule has 0 aromatic heterocycles. The lowest BCUT2D eigenvalue weighted by Crippen LogP contribution is -2.60. The third-order valence-corrected chi connectivity index (χ3v) is 3.92. The molecule has 4 nitrogen and oxygen atoms in total. The van der Waals surface area contributed by atoms with Crippen molar-refractivity contribution in [3.05, 3.63) is 0 Å². The minimum atomic E-state index is -0.132. The molecule has 118 valence electrons. The summed E-state index contributed by atoms with van der Waals surface area (Å²) in [6.07, 6.45) is 2.97. The molecule has 1 N–H and O–H groups in total. The monoisotopic (exact) mass is 284 g/mol. The molecule has 0 aromatic carbocycles. The van der Waals surface area contributed by atoms with E-state index in [4.69, 9.17) is 4.74 Å². The number of carbonyl (C=O) groups excluding carboxylic acids is 1. The van der Waals surface area contributed by atoms with Gasteiger partial charge < -0.3 is 15.0 Å². The zero-order valence-electron chi connectivity index (χ0n) is 13.8. The summed E-state index contributed by atoms with van der Waals surface area (Å²) >= 11 is 0. The molecule has 1 amide bonds. The van der Waals surface area contributed by atoms with E-state index in [-0.39, 0.29) is 12.1 Å². The van der Waals surface area contributed by atoms with Crippen LogP contribution in [0.1, 0.15) is 53.9 Å². The average molecular weight is 284 g/mol. The van der Waals surface area contributed by atoms with E-state index in [2.05, 4.69) is 39.9 Å². The summed E-state index contributed by atoms with van der Waals surface area (Å²) in [5.41, 5.74) is 0. The molecule has 2 unspecified atom stereocenters. The minimum absolute atomic E-state index is 0.132. The Kier molecular flexibility index (Phi) is 7.35. The van der Waals surface area contributed by atoms with Gasteiger partial charge in [0.25, 0.3) is 0 Å². The number of unbranched alkanes of at least 4 members (excludes halogenated alkanes) is 1. The molecule has 1 heterocycles. The van der Waals surface area contributed by atoms with Crippen molar-refractivity contribution in [1.29, 1.82) is 0 Å². The lowest BCUT2D eigenvalue weighted by molar-refractivity contribution is 0.0521. The van der Waals surface area contributed by atoms with Crippen LogP contribution in [0.15, 0.2) is 0 Å². The van der Waals surface area contributed by atoms with Crippen molar-refractivity contribution in [3.8, 4) is 0 Å². The molecule has 1 aliphatic rings. The van der Waals surface area contributed by atoms with Gasteiger partial charge in [-0.15, -0.1) is 0 Å². The van der Waals surface area contributed by atoms with Crippen molar-refractivity contribution in [2.24, 2.45) is 11.8 Å². The second-order valence-electron chi connectivity index (χ2n) is 6.67. The number of rotatable bonds is 6. The quantitative estimate of drug-likeness (QED) is 0.761. The van der Waals surface area contributed by atoms with Crippen LogP contribution in [0.5, 0.6) is 0 Å². The Labute approximate surface area is 124 Å². The number of piperazine rings is 1. The maximum Gasteiger partial charge on any atom is 0.410 e. The van der Waals surface area contributed by atoms with Crippen molar-refractivity contribution >= 4 is 6.09 Å². The molecule has 1 fully saturated rings. The SMILES string of the molecule is CCCCOC(=O)N1CC(CC(C)C)NCC1C(C)C. The van der Waals surface area contributed by atoms with Gasteiger partial charge in [0.15, 0.2) is 0 Å². The summed E-state index contributed by atoms with van der Waals surface area (Å²) in [7, 11) is 0. The van der Waals surface area contributed by atoms with E-state index in [1.807, 2.05) is 4.90 Å². The largest absolute Gasteiger partial charge is 0.449 e. The predicted octanol–water partition coefficient (Wildman–Crippen LogP) is 3.27. The van der Waals surface area contributed by atoms with Crippen LogP contribution in [0.4, 0.5) is 4.79 Å². The highest BCUT2D eigenvalue weighted by atomic mass is 16.6. The number of ether oxygens (including phenoxy) is 1. The number of nitrogens with zero attached hydrogens (tertiary/aromatic N) is 1. The van der Waals surface area contributed by atoms with Crippen LogP contribution in [0, 0.1) is 11.8 Å². The first kappa shape index (κ1) is 17.3. The van der Waals surface area contributed by atoms with Gasteiger partial charge in [-0.3, -0.25) is 0 Å². The molecule has 1 saturated heterocycles. The maximum atomic E-state index is 12.3. The highest BCUT2D eigenvalue weighted by Crippen LogP contribution is 2.19. The van der Waals surface area contributed by atoms with Crippen LogP contribution in [-0.2, 0) is 4.74 Å². The minimum Gasteiger partial charge on any atom is -0.449 e. The van der Waals surface area contributed by atoms with Crippen LogP contribution in [0.3, 0.4) is 0 Å². The molecule has 0 radical (unpaired) electrons. The average Bonchev–Trinajstić information content (AvgIpc) is 2.37. The van der Waals surface area contributed by atoms with Crippen molar-refractivity contribution in [1.82, 2.24) is 10.2 Å². The fraction of sp³-hybridized carbons (Fsp3) is 0.938. The summed E-state index contributed by atoms with van der Waals surface area (Å²) in [6, 6.07) is 0.635. The summed E-state index contributed by atoms with van der Waals surface area (Å²) in [5.74, 6) is 1.09. The third-order valence-electron chi connectivity index (χ3n) is 3.92. The first-order valence-electron chi connectivity index (χ1n) is 8.12. The van der Waals surface area contributed by atoms with E-state index in [0.717, 1.165) is 32.4 Å². The molecule has 0 saturated carbocycles. The lowest BCUT2D eigenvalue weighted by Gasteiger charge is -2.42. The van der Waals surface area contributed by atoms with E-state index in [1.165, 1.54) is 0 Å². The molecule has 20 heavy (non-hydrogen) atoms. The van der Waals surface area contributed by atoms with Crippen LogP contribution in [-0.4, -0.2) is 42.8 Å². The first-order chi connectivity index (χ1) is 9.45. The van der Waals surface area contributed by atoms with E-state index in [0.29, 0.717) is 24.5 Å². The molecular weight excluding hydrogens is 252 g/mol. The fourth-order valence-corrected chi connectivity index (χ4v) is 2.75. The number of nitrogens with one attached hydrogen (secondary N) is 1. The van der Waals surface area contributed by atoms with E-state index >= 15 is 0 Å². The smallest absolute Gasteiger partial charge is 0.410 e. The Balaban J connectivity index is 2.60. The van der Waals surface area contributed by atoms with Crippen molar-refractivity contribution in [2.75, 3.05) is 19.7 Å². The summed E-state index contributed by atoms with van der Waals surface area (Å²) < 4.78 is 5.41. The Morgan fingerprint density at radius 3 is 2.60 bits per heavy atom. The predicted molar refractivity (Wildman–Crippen MR) is 82.8 cm³/mol. The third kappa shape index (κ3) is 5.31. The highest BCUT2D eigenvalue weighted by molar-refractivity contribution is 5.68. The number of amides is 1. The zero-order chi connectivity index (χ0) is 15.1. The van der Waals surface area contributed by atoms with Crippen molar-refractivity contribution in [3.63, 3.8) is 0 Å². The topological polar surface area (TPSA) is 41.6 Å². The Morgan fingerprint density at radius 1 is 1.35 bits per heavy atom. The molecule has 1 rings (SSSR count). The van der Waals surface area contributed by atoms with Gasteiger partial charge in [-0.25, -0.2) is 4.79 Å². The molecule has 4 heteroatoms. The number of hydrogen-bond acceptors (Lipinski definition) is 3. The molecule has 0 aliphatic carbocycles. The Hall–Kier alpha value is -0.770. The van der Waals surface area contributed by atoms with E-state index in [1.54, 1.807) is 0 Å². The second-order valence-corrected chi connectivity index (χ2v) is 6.67. The summed E-state index contributed by atoms with van der Waals surface area (Å²) in [5, 5.41) is 3.58. The van der Waals surface area contributed by atoms with Crippen LogP contribution >= 0.6 is 0 Å². The fourth-order valence-electron chi connectivity index (χ4n) is 2.75. The normalized spacial score (nSPS) is 23.4. The van der Waals surface area contributed by atoms with Gasteiger partial charge in [0.1, 0.15) is 0 Å². The standard InChI is InChI=1S/C16H32N2O2/c1-6-7-8-20-16(19)18-11-14(9-12(2)3)17-10-15(18)13(4)5/h12-15,17H,6-11H2,1-5H3. The van der Waals surface area contributed by atoms with Gasteiger partial charge in [0, 0.05) is 25.2 Å². The molecule has 2 atom stereocenters.